The van der Waals surface area contributed by atoms with E-state index >= 15 is 0 Å². The Kier molecular flexibility index (Phi) is 2.16. The van der Waals surface area contributed by atoms with Crippen molar-refractivity contribution in [1.29, 1.82) is 0 Å². The number of thiazole rings is 1. The second-order valence-electron chi connectivity index (χ2n) is 2.84. The van der Waals surface area contributed by atoms with Gasteiger partial charge in [-0.2, -0.15) is 0 Å². The largest absolute Gasteiger partial charge is 0.252 e. The summed E-state index contributed by atoms with van der Waals surface area (Å²) in [6, 6.07) is 1.93. The average Bonchev–Trinajstić information content (AvgIpc) is 2.88. The maximum atomic E-state index is 6.06. The van der Waals surface area contributed by atoms with Crippen LogP contribution in [0.2, 0.25) is 5.15 Å². The molecule has 0 saturated carbocycles. The molecule has 0 spiro atoms. The van der Waals surface area contributed by atoms with Crippen LogP contribution in [0.25, 0.3) is 20.9 Å². The van der Waals surface area contributed by atoms with E-state index in [0.29, 0.717) is 11.0 Å². The molecule has 3 rings (SSSR count). The minimum Gasteiger partial charge on any atom is -0.252 e. The van der Waals surface area contributed by atoms with E-state index in [1.165, 1.54) is 11.3 Å². The SMILES string of the molecule is Clc1nc(-c2cncs2)nc2sccc12. The molecule has 74 valence electrons. The van der Waals surface area contributed by atoms with Gasteiger partial charge in [-0.25, -0.2) is 9.97 Å². The molecule has 0 saturated heterocycles. The van der Waals surface area contributed by atoms with Crippen molar-refractivity contribution in [1.82, 2.24) is 15.0 Å². The molecule has 0 atom stereocenters. The zero-order valence-corrected chi connectivity index (χ0v) is 9.73. The Morgan fingerprint density at radius 3 is 2.93 bits per heavy atom. The zero-order valence-electron chi connectivity index (χ0n) is 7.35. The van der Waals surface area contributed by atoms with Crippen molar-refractivity contribution >= 4 is 44.5 Å². The topological polar surface area (TPSA) is 38.7 Å². The van der Waals surface area contributed by atoms with Gasteiger partial charge >= 0.3 is 0 Å². The zero-order chi connectivity index (χ0) is 10.3. The van der Waals surface area contributed by atoms with Crippen LogP contribution in [-0.4, -0.2) is 15.0 Å². The first-order chi connectivity index (χ1) is 7.34. The van der Waals surface area contributed by atoms with Crippen molar-refractivity contribution in [2.45, 2.75) is 0 Å². The van der Waals surface area contributed by atoms with Crippen molar-refractivity contribution in [3.63, 3.8) is 0 Å². The molecule has 15 heavy (non-hydrogen) atoms. The number of fused-ring (bicyclic) bond motifs is 1. The highest BCUT2D eigenvalue weighted by molar-refractivity contribution is 7.17. The second-order valence-corrected chi connectivity index (χ2v) is 4.98. The summed E-state index contributed by atoms with van der Waals surface area (Å²) >= 11 is 9.13. The van der Waals surface area contributed by atoms with Crippen LogP contribution >= 0.6 is 34.3 Å². The van der Waals surface area contributed by atoms with E-state index in [4.69, 9.17) is 11.6 Å². The Morgan fingerprint density at radius 2 is 2.13 bits per heavy atom. The lowest BCUT2D eigenvalue weighted by Gasteiger charge is -1.97. The molecule has 0 unspecified atom stereocenters. The Bertz CT molecular complexity index is 603. The Hall–Kier alpha value is -1.04. The van der Waals surface area contributed by atoms with Crippen LogP contribution < -0.4 is 0 Å². The lowest BCUT2D eigenvalue weighted by molar-refractivity contribution is 1.24. The summed E-state index contributed by atoms with van der Waals surface area (Å²) < 4.78 is 0. The summed E-state index contributed by atoms with van der Waals surface area (Å²) in [4.78, 5) is 14.5. The molecule has 0 radical (unpaired) electrons. The van der Waals surface area contributed by atoms with Crippen LogP contribution in [0.3, 0.4) is 0 Å². The Labute approximate surface area is 98.4 Å². The van der Waals surface area contributed by atoms with Gasteiger partial charge in [0.2, 0.25) is 0 Å². The van der Waals surface area contributed by atoms with Gasteiger partial charge in [0.1, 0.15) is 9.98 Å². The highest BCUT2D eigenvalue weighted by atomic mass is 35.5. The van der Waals surface area contributed by atoms with Gasteiger partial charge in [-0.15, -0.1) is 22.7 Å². The van der Waals surface area contributed by atoms with Gasteiger partial charge in [0.05, 0.1) is 10.4 Å². The van der Waals surface area contributed by atoms with Crippen molar-refractivity contribution in [3.05, 3.63) is 28.3 Å². The summed E-state index contributed by atoms with van der Waals surface area (Å²) in [5.74, 6) is 0.650. The number of hydrogen-bond donors (Lipinski definition) is 0. The van der Waals surface area contributed by atoms with Crippen LogP contribution in [0.15, 0.2) is 23.2 Å². The minimum atomic E-state index is 0.504. The predicted octanol–water partition coefficient (Wildman–Crippen LogP) is 3.47. The first-order valence-corrected chi connectivity index (χ1v) is 6.28. The molecule has 0 N–H and O–H groups in total. The maximum Gasteiger partial charge on any atom is 0.174 e. The molecule has 0 aromatic carbocycles. The predicted molar refractivity (Wildman–Crippen MR) is 63.5 cm³/mol. The van der Waals surface area contributed by atoms with E-state index in [1.807, 2.05) is 11.4 Å². The van der Waals surface area contributed by atoms with Crippen LogP contribution in [0.4, 0.5) is 0 Å². The van der Waals surface area contributed by atoms with Gasteiger partial charge in [-0.05, 0) is 11.4 Å². The normalized spacial score (nSPS) is 11.0. The lowest BCUT2D eigenvalue weighted by atomic mass is 10.4. The van der Waals surface area contributed by atoms with E-state index in [0.717, 1.165) is 15.1 Å². The standard InChI is InChI=1S/C9H4ClN3S2/c10-7-5-1-2-14-9(5)13-8(12-7)6-3-11-4-15-6/h1-4H. The summed E-state index contributed by atoms with van der Waals surface area (Å²) in [6.45, 7) is 0. The fraction of sp³-hybridized carbons (Fsp3) is 0. The quantitative estimate of drug-likeness (QED) is 0.624. The highest BCUT2D eigenvalue weighted by Gasteiger charge is 2.09. The van der Waals surface area contributed by atoms with Crippen LogP contribution in [-0.2, 0) is 0 Å². The monoisotopic (exact) mass is 253 g/mol. The van der Waals surface area contributed by atoms with E-state index < -0.39 is 0 Å². The molecule has 0 aliphatic heterocycles. The number of nitrogens with zero attached hydrogens (tertiary/aromatic N) is 3. The van der Waals surface area contributed by atoms with Crippen LogP contribution in [0.5, 0.6) is 0 Å². The molecule has 3 heterocycles. The van der Waals surface area contributed by atoms with Gasteiger partial charge in [0.15, 0.2) is 5.82 Å². The molecular weight excluding hydrogens is 250 g/mol. The van der Waals surface area contributed by atoms with E-state index in [9.17, 15) is 0 Å². The molecule has 0 aliphatic carbocycles. The molecule has 3 aromatic rings. The molecule has 0 fully saturated rings. The van der Waals surface area contributed by atoms with Crippen molar-refractivity contribution < 1.29 is 0 Å². The maximum absolute atomic E-state index is 6.06. The number of aromatic nitrogens is 3. The first-order valence-electron chi connectivity index (χ1n) is 4.14. The third-order valence-corrected chi connectivity index (χ3v) is 3.80. The molecule has 0 amide bonds. The fourth-order valence-electron chi connectivity index (χ4n) is 1.26. The highest BCUT2D eigenvalue weighted by Crippen LogP contribution is 2.29. The fourth-order valence-corrected chi connectivity index (χ4v) is 2.86. The second kappa shape index (κ2) is 3.52. The third-order valence-electron chi connectivity index (χ3n) is 1.93. The summed E-state index contributed by atoms with van der Waals surface area (Å²) in [6.07, 6.45) is 1.75. The number of halogens is 1. The van der Waals surface area contributed by atoms with Gasteiger partial charge in [0, 0.05) is 11.6 Å². The third kappa shape index (κ3) is 1.52. The summed E-state index contributed by atoms with van der Waals surface area (Å²) in [7, 11) is 0. The van der Waals surface area contributed by atoms with Crippen LogP contribution in [0.1, 0.15) is 0 Å². The Balaban J connectivity index is 2.29. The molecule has 6 heteroatoms. The van der Waals surface area contributed by atoms with Gasteiger partial charge < -0.3 is 0 Å². The van der Waals surface area contributed by atoms with Crippen molar-refractivity contribution in [3.8, 4) is 10.7 Å². The molecule has 3 aromatic heterocycles. The number of hydrogen-bond acceptors (Lipinski definition) is 5. The Morgan fingerprint density at radius 1 is 1.20 bits per heavy atom. The van der Waals surface area contributed by atoms with E-state index in [2.05, 4.69) is 15.0 Å². The summed E-state index contributed by atoms with van der Waals surface area (Å²) in [5.41, 5.74) is 1.76. The first kappa shape index (κ1) is 9.21. The number of rotatable bonds is 1. The minimum absolute atomic E-state index is 0.504. The van der Waals surface area contributed by atoms with Crippen molar-refractivity contribution in [2.75, 3.05) is 0 Å². The van der Waals surface area contributed by atoms with Crippen LogP contribution in [0, 0.1) is 0 Å². The average molecular weight is 254 g/mol. The summed E-state index contributed by atoms with van der Waals surface area (Å²) in [5, 5.41) is 3.38. The van der Waals surface area contributed by atoms with E-state index in [1.54, 1.807) is 23.0 Å². The smallest absolute Gasteiger partial charge is 0.174 e. The molecule has 0 bridgehead atoms. The van der Waals surface area contributed by atoms with Gasteiger partial charge in [0.25, 0.3) is 0 Å². The van der Waals surface area contributed by atoms with Crippen molar-refractivity contribution in [2.24, 2.45) is 0 Å². The van der Waals surface area contributed by atoms with Gasteiger partial charge in [-0.3, -0.25) is 4.98 Å². The van der Waals surface area contributed by atoms with Gasteiger partial charge in [-0.1, -0.05) is 11.6 Å². The molecule has 3 nitrogen and oxygen atoms in total. The number of thiophene rings is 1. The lowest BCUT2D eigenvalue weighted by Crippen LogP contribution is -1.86. The molecule has 0 aliphatic rings. The molecular formula is C9H4ClN3S2. The van der Waals surface area contributed by atoms with E-state index in [-0.39, 0.29) is 0 Å².